The van der Waals surface area contributed by atoms with Gasteiger partial charge in [0.05, 0.1) is 0 Å². The summed E-state index contributed by atoms with van der Waals surface area (Å²) in [5.74, 6) is 0.0418. The van der Waals surface area contributed by atoms with Gasteiger partial charge in [-0.1, -0.05) is 52.3 Å². The lowest BCUT2D eigenvalue weighted by atomic mass is 10.1. The van der Waals surface area contributed by atoms with Crippen LogP contribution in [0.25, 0.3) is 0 Å². The number of rotatable bonds is 6. The topological polar surface area (TPSA) is 46.3 Å². The van der Waals surface area contributed by atoms with Crippen LogP contribution >= 0.6 is 15.9 Å². The van der Waals surface area contributed by atoms with Crippen LogP contribution in [0, 0.1) is 6.92 Å². The molecule has 0 atom stereocenters. The van der Waals surface area contributed by atoms with Gasteiger partial charge < -0.3 is 10.6 Å². The van der Waals surface area contributed by atoms with Crippen molar-refractivity contribution in [1.82, 2.24) is 4.90 Å². The Morgan fingerprint density at radius 1 is 1.14 bits per heavy atom. The predicted octanol–water partition coefficient (Wildman–Crippen LogP) is 3.40. The zero-order valence-corrected chi connectivity index (χ0v) is 14.3. The van der Waals surface area contributed by atoms with Gasteiger partial charge in [-0.25, -0.2) is 0 Å². The number of nitrogens with two attached hydrogens (primary N) is 1. The maximum absolute atomic E-state index is 12.8. The molecule has 4 heteroatoms. The molecule has 2 aromatic carbocycles. The molecule has 0 aromatic heterocycles. The highest BCUT2D eigenvalue weighted by Crippen LogP contribution is 2.18. The van der Waals surface area contributed by atoms with E-state index in [4.69, 9.17) is 5.73 Å². The first-order valence-corrected chi connectivity index (χ1v) is 8.20. The van der Waals surface area contributed by atoms with Crippen molar-refractivity contribution in [3.63, 3.8) is 0 Å². The van der Waals surface area contributed by atoms with Crippen molar-refractivity contribution in [2.45, 2.75) is 13.3 Å². The van der Waals surface area contributed by atoms with Crippen LogP contribution in [-0.4, -0.2) is 30.4 Å². The second kappa shape index (κ2) is 8.11. The molecule has 0 aliphatic carbocycles. The first-order valence-electron chi connectivity index (χ1n) is 7.41. The average molecular weight is 361 g/mol. The molecule has 0 fully saturated rings. The van der Waals surface area contributed by atoms with Crippen LogP contribution in [-0.2, 0) is 6.42 Å². The number of nitrogens with zero attached hydrogens (tertiary/aromatic N) is 1. The molecule has 116 valence electrons. The van der Waals surface area contributed by atoms with E-state index in [-0.39, 0.29) is 5.91 Å². The van der Waals surface area contributed by atoms with E-state index in [2.05, 4.69) is 28.1 Å². The molecular formula is C18H21BrN2O. The molecule has 1 amide bonds. The first kappa shape index (κ1) is 16.7. The molecule has 0 saturated heterocycles. The minimum atomic E-state index is 0.0418. The fraction of sp³-hybridized carbons (Fsp3) is 0.278. The largest absolute Gasteiger partial charge is 0.337 e. The lowest BCUT2D eigenvalue weighted by Gasteiger charge is -2.23. The van der Waals surface area contributed by atoms with E-state index in [0.717, 1.165) is 22.0 Å². The molecule has 0 radical (unpaired) electrons. The summed E-state index contributed by atoms with van der Waals surface area (Å²) < 4.78 is 0.914. The van der Waals surface area contributed by atoms with Crippen molar-refractivity contribution in [3.05, 3.63) is 69.7 Å². The van der Waals surface area contributed by atoms with E-state index in [1.54, 1.807) is 0 Å². The summed E-state index contributed by atoms with van der Waals surface area (Å²) in [5, 5.41) is 0. The van der Waals surface area contributed by atoms with Crippen molar-refractivity contribution < 1.29 is 4.79 Å². The Bertz CT molecular complexity index is 628. The van der Waals surface area contributed by atoms with Gasteiger partial charge in [-0.3, -0.25) is 4.79 Å². The van der Waals surface area contributed by atoms with Gasteiger partial charge in [0.2, 0.25) is 0 Å². The minimum absolute atomic E-state index is 0.0418. The molecule has 0 bridgehead atoms. The smallest absolute Gasteiger partial charge is 0.254 e. The molecule has 2 rings (SSSR count). The summed E-state index contributed by atoms with van der Waals surface area (Å²) in [7, 11) is 0. The lowest BCUT2D eigenvalue weighted by molar-refractivity contribution is 0.0761. The fourth-order valence-corrected chi connectivity index (χ4v) is 2.74. The number of hydrogen-bond donors (Lipinski definition) is 1. The lowest BCUT2D eigenvalue weighted by Crippen LogP contribution is -2.37. The van der Waals surface area contributed by atoms with Gasteiger partial charge in [0.15, 0.2) is 0 Å². The Hall–Kier alpha value is -1.65. The number of carbonyl (C=O) groups is 1. The number of hydrogen-bond acceptors (Lipinski definition) is 2. The Morgan fingerprint density at radius 2 is 1.86 bits per heavy atom. The summed E-state index contributed by atoms with van der Waals surface area (Å²) in [6.07, 6.45) is 0.833. The highest BCUT2D eigenvalue weighted by atomic mass is 79.9. The molecule has 0 heterocycles. The van der Waals surface area contributed by atoms with E-state index in [9.17, 15) is 4.79 Å². The summed E-state index contributed by atoms with van der Waals surface area (Å²) in [5.41, 5.74) is 8.62. The molecule has 0 unspecified atom stereocenters. The Kier molecular flexibility index (Phi) is 6.16. The molecule has 0 aliphatic rings. The van der Waals surface area contributed by atoms with Crippen molar-refractivity contribution in [2.24, 2.45) is 5.73 Å². The second-order valence-electron chi connectivity index (χ2n) is 5.28. The second-order valence-corrected chi connectivity index (χ2v) is 6.19. The maximum Gasteiger partial charge on any atom is 0.254 e. The van der Waals surface area contributed by atoms with Crippen LogP contribution in [0.3, 0.4) is 0 Å². The number of amides is 1. The molecule has 2 N–H and O–H groups in total. The van der Waals surface area contributed by atoms with Gasteiger partial charge in [0, 0.05) is 29.7 Å². The predicted molar refractivity (Wildman–Crippen MR) is 94.0 cm³/mol. The molecule has 3 nitrogen and oxygen atoms in total. The highest BCUT2D eigenvalue weighted by molar-refractivity contribution is 9.10. The standard InChI is InChI=1S/C18H21BrN2O/c1-14-7-8-16(19)13-17(14)18(22)21(12-10-20)11-9-15-5-3-2-4-6-15/h2-8,13H,9-12,20H2,1H3. The SMILES string of the molecule is Cc1ccc(Br)cc1C(=O)N(CCN)CCc1ccccc1. The van der Waals surface area contributed by atoms with E-state index < -0.39 is 0 Å². The molecule has 2 aromatic rings. The monoisotopic (exact) mass is 360 g/mol. The Labute approximate surface area is 140 Å². The third kappa shape index (κ3) is 4.42. The normalized spacial score (nSPS) is 10.5. The minimum Gasteiger partial charge on any atom is -0.337 e. The van der Waals surface area contributed by atoms with Crippen LogP contribution in [0.5, 0.6) is 0 Å². The molecule has 0 aliphatic heterocycles. The molecular weight excluding hydrogens is 340 g/mol. The van der Waals surface area contributed by atoms with E-state index in [1.165, 1.54) is 5.56 Å². The summed E-state index contributed by atoms with van der Waals surface area (Å²) in [4.78, 5) is 14.6. The first-order chi connectivity index (χ1) is 10.6. The molecule has 0 spiro atoms. The van der Waals surface area contributed by atoms with Crippen LogP contribution in [0.2, 0.25) is 0 Å². The molecule has 0 saturated carbocycles. The van der Waals surface area contributed by atoms with Crippen molar-refractivity contribution >= 4 is 21.8 Å². The third-order valence-corrected chi connectivity index (χ3v) is 4.12. The third-order valence-electron chi connectivity index (χ3n) is 3.63. The van der Waals surface area contributed by atoms with Crippen molar-refractivity contribution in [2.75, 3.05) is 19.6 Å². The summed E-state index contributed by atoms with van der Waals surface area (Å²) >= 11 is 3.43. The Balaban J connectivity index is 2.12. The van der Waals surface area contributed by atoms with Gasteiger partial charge in [0.25, 0.3) is 5.91 Å². The van der Waals surface area contributed by atoms with E-state index >= 15 is 0 Å². The maximum atomic E-state index is 12.8. The summed E-state index contributed by atoms with van der Waals surface area (Å²) in [6, 6.07) is 16.0. The van der Waals surface area contributed by atoms with Gasteiger partial charge >= 0.3 is 0 Å². The number of benzene rings is 2. The van der Waals surface area contributed by atoms with Crippen LogP contribution < -0.4 is 5.73 Å². The van der Waals surface area contributed by atoms with Gasteiger partial charge in [-0.05, 0) is 36.6 Å². The van der Waals surface area contributed by atoms with Crippen LogP contribution in [0.15, 0.2) is 53.0 Å². The van der Waals surface area contributed by atoms with Gasteiger partial charge in [-0.15, -0.1) is 0 Å². The molecule has 22 heavy (non-hydrogen) atoms. The van der Waals surface area contributed by atoms with Crippen molar-refractivity contribution in [3.8, 4) is 0 Å². The van der Waals surface area contributed by atoms with E-state index in [1.807, 2.05) is 48.2 Å². The number of halogens is 1. The Morgan fingerprint density at radius 3 is 2.55 bits per heavy atom. The van der Waals surface area contributed by atoms with E-state index in [0.29, 0.717) is 19.6 Å². The fourth-order valence-electron chi connectivity index (χ4n) is 2.37. The zero-order valence-electron chi connectivity index (χ0n) is 12.8. The zero-order chi connectivity index (χ0) is 15.9. The quantitative estimate of drug-likeness (QED) is 0.857. The van der Waals surface area contributed by atoms with Crippen LogP contribution in [0.4, 0.5) is 0 Å². The number of carbonyl (C=O) groups excluding carboxylic acids is 1. The van der Waals surface area contributed by atoms with Crippen molar-refractivity contribution in [1.29, 1.82) is 0 Å². The van der Waals surface area contributed by atoms with Gasteiger partial charge in [-0.2, -0.15) is 0 Å². The number of aryl methyl sites for hydroxylation is 1. The average Bonchev–Trinajstić information content (AvgIpc) is 2.54. The highest BCUT2D eigenvalue weighted by Gasteiger charge is 2.17. The van der Waals surface area contributed by atoms with Crippen LogP contribution in [0.1, 0.15) is 21.5 Å². The van der Waals surface area contributed by atoms with Gasteiger partial charge in [0.1, 0.15) is 0 Å². The summed E-state index contributed by atoms with van der Waals surface area (Å²) in [6.45, 7) is 3.66.